The number of nitrogens with zero attached hydrogens (tertiary/aromatic N) is 1. The molecule has 3 aromatic rings. The Morgan fingerprint density at radius 1 is 1.13 bits per heavy atom. The molecule has 1 aromatic heterocycles. The van der Waals surface area contributed by atoms with Crippen molar-refractivity contribution in [3.8, 4) is 11.8 Å². The number of ketones is 1. The van der Waals surface area contributed by atoms with Gasteiger partial charge in [0, 0.05) is 27.6 Å². The molecule has 1 N–H and O–H groups in total. The summed E-state index contributed by atoms with van der Waals surface area (Å²) in [5, 5.41) is 9.66. The quantitative estimate of drug-likeness (QED) is 0.483. The van der Waals surface area contributed by atoms with Crippen molar-refractivity contribution in [2.75, 3.05) is 0 Å². The summed E-state index contributed by atoms with van der Waals surface area (Å²) in [7, 11) is -5.86. The molecule has 0 amide bonds. The molecule has 1 aliphatic carbocycles. The fourth-order valence-electron chi connectivity index (χ4n) is 3.72. The number of carbonyl (C=O) groups is 1. The normalized spacial score (nSPS) is 15.4. The first-order valence-electron chi connectivity index (χ1n) is 8.63. The largest absolute Gasteiger partial charge is 0.534 e. The van der Waals surface area contributed by atoms with Gasteiger partial charge in [-0.05, 0) is 29.8 Å². The average molecular weight is 434 g/mol. The Labute approximate surface area is 169 Å². The van der Waals surface area contributed by atoms with Gasteiger partial charge in [0.05, 0.1) is 17.2 Å². The van der Waals surface area contributed by atoms with Crippen LogP contribution < -0.4 is 4.18 Å². The lowest BCUT2D eigenvalue weighted by molar-refractivity contribution is -0.0500. The maximum atomic E-state index is 13.2. The Bertz CT molecular complexity index is 1380. The highest BCUT2D eigenvalue weighted by Crippen LogP contribution is 2.44. The van der Waals surface area contributed by atoms with Crippen LogP contribution in [0.4, 0.5) is 13.2 Å². The minimum atomic E-state index is -5.86. The minimum absolute atomic E-state index is 0.0487. The zero-order valence-corrected chi connectivity index (χ0v) is 16.4. The van der Waals surface area contributed by atoms with Crippen LogP contribution >= 0.6 is 0 Å². The van der Waals surface area contributed by atoms with Gasteiger partial charge in [-0.3, -0.25) is 4.79 Å². The van der Waals surface area contributed by atoms with E-state index in [4.69, 9.17) is 5.26 Å². The Morgan fingerprint density at radius 3 is 2.47 bits per heavy atom. The van der Waals surface area contributed by atoms with E-state index in [0.29, 0.717) is 33.3 Å². The first-order valence-corrected chi connectivity index (χ1v) is 10.0. The van der Waals surface area contributed by atoms with E-state index in [1.165, 1.54) is 6.07 Å². The number of benzene rings is 2. The molecular weight excluding hydrogens is 421 g/mol. The first-order chi connectivity index (χ1) is 13.9. The smallest absolute Gasteiger partial charge is 0.376 e. The second-order valence-corrected chi connectivity index (χ2v) is 8.93. The number of hydrogen-bond acceptors (Lipinski definition) is 5. The average Bonchev–Trinajstić information content (AvgIpc) is 3.05. The highest BCUT2D eigenvalue weighted by molar-refractivity contribution is 7.88. The zero-order chi connectivity index (χ0) is 22.1. The summed E-state index contributed by atoms with van der Waals surface area (Å²) in [6.07, 6.45) is 0. The van der Waals surface area contributed by atoms with E-state index in [1.54, 1.807) is 18.2 Å². The van der Waals surface area contributed by atoms with Crippen LogP contribution in [0.3, 0.4) is 0 Å². The van der Waals surface area contributed by atoms with Gasteiger partial charge in [0.1, 0.15) is 5.75 Å². The van der Waals surface area contributed by atoms with Gasteiger partial charge in [0.15, 0.2) is 5.78 Å². The molecule has 0 unspecified atom stereocenters. The maximum absolute atomic E-state index is 13.2. The number of H-pyrrole nitrogens is 1. The molecule has 0 atom stereocenters. The summed E-state index contributed by atoms with van der Waals surface area (Å²) < 4.78 is 64.8. The topological polar surface area (TPSA) is 100 Å². The van der Waals surface area contributed by atoms with Gasteiger partial charge in [0.2, 0.25) is 0 Å². The standard InChI is InChI=1S/C20H13F3N2O4S/c1-19(2)14-6-4-11(29-30(27,28)20(21,22)23)8-13(14)17(26)16-12-5-3-10(9-24)7-15(12)25-18(16)19/h3-8,25H,1-2H3. The second-order valence-electron chi connectivity index (χ2n) is 7.39. The molecule has 10 heteroatoms. The van der Waals surface area contributed by atoms with Crippen LogP contribution in [0.5, 0.6) is 5.75 Å². The minimum Gasteiger partial charge on any atom is -0.376 e. The van der Waals surface area contributed by atoms with Crippen molar-refractivity contribution >= 4 is 26.8 Å². The highest BCUT2D eigenvalue weighted by atomic mass is 32.2. The van der Waals surface area contributed by atoms with Crippen LogP contribution in [-0.2, 0) is 15.5 Å². The van der Waals surface area contributed by atoms with Gasteiger partial charge in [-0.1, -0.05) is 26.0 Å². The molecule has 1 aliphatic rings. The zero-order valence-electron chi connectivity index (χ0n) is 15.6. The summed E-state index contributed by atoms with van der Waals surface area (Å²) in [6, 6.07) is 10.3. The lowest BCUT2D eigenvalue weighted by Crippen LogP contribution is -2.31. The Kier molecular flexibility index (Phi) is 4.05. The number of carbonyl (C=O) groups excluding carboxylic acids is 1. The van der Waals surface area contributed by atoms with E-state index in [9.17, 15) is 26.4 Å². The third kappa shape index (κ3) is 2.77. The van der Waals surface area contributed by atoms with Crippen molar-refractivity contribution in [3.63, 3.8) is 0 Å². The number of hydrogen-bond donors (Lipinski definition) is 1. The van der Waals surface area contributed by atoms with Crippen molar-refractivity contribution < 1.29 is 30.6 Å². The number of halogens is 3. The first kappa shape index (κ1) is 20.0. The van der Waals surface area contributed by atoms with Crippen LogP contribution in [0.2, 0.25) is 0 Å². The van der Waals surface area contributed by atoms with Gasteiger partial charge < -0.3 is 9.17 Å². The third-order valence-corrected chi connectivity index (χ3v) is 6.16. The number of aromatic amines is 1. The van der Waals surface area contributed by atoms with Crippen molar-refractivity contribution in [2.24, 2.45) is 0 Å². The monoisotopic (exact) mass is 434 g/mol. The number of aromatic nitrogens is 1. The number of rotatable bonds is 2. The summed E-state index contributed by atoms with van der Waals surface area (Å²) in [5.41, 5.74) is -3.89. The van der Waals surface area contributed by atoms with E-state index in [0.717, 1.165) is 12.1 Å². The number of nitrogens with one attached hydrogen (secondary N) is 1. The molecule has 0 fully saturated rings. The lowest BCUT2D eigenvalue weighted by atomic mass is 9.71. The van der Waals surface area contributed by atoms with Crippen molar-refractivity contribution in [1.29, 1.82) is 5.26 Å². The Morgan fingerprint density at radius 2 is 1.83 bits per heavy atom. The van der Waals surface area contributed by atoms with E-state index in [1.807, 2.05) is 19.9 Å². The van der Waals surface area contributed by atoms with Crippen LogP contribution in [0.25, 0.3) is 10.9 Å². The number of nitriles is 1. The van der Waals surface area contributed by atoms with Crippen molar-refractivity contribution in [1.82, 2.24) is 4.98 Å². The molecule has 0 bridgehead atoms. The van der Waals surface area contributed by atoms with Gasteiger partial charge in [0.25, 0.3) is 0 Å². The van der Waals surface area contributed by atoms with Crippen LogP contribution in [0.1, 0.15) is 46.6 Å². The molecular formula is C20H13F3N2O4S. The molecule has 2 aromatic carbocycles. The number of alkyl halides is 3. The molecule has 0 saturated heterocycles. The molecule has 30 heavy (non-hydrogen) atoms. The summed E-state index contributed by atoms with van der Waals surface area (Å²) in [5.74, 6) is -1.09. The predicted molar refractivity (Wildman–Crippen MR) is 101 cm³/mol. The summed E-state index contributed by atoms with van der Waals surface area (Å²) in [6.45, 7) is 3.65. The van der Waals surface area contributed by atoms with Gasteiger partial charge in [-0.2, -0.15) is 26.9 Å². The highest BCUT2D eigenvalue weighted by Gasteiger charge is 2.49. The van der Waals surface area contributed by atoms with E-state index < -0.39 is 32.6 Å². The molecule has 0 radical (unpaired) electrons. The molecule has 6 nitrogen and oxygen atoms in total. The predicted octanol–water partition coefficient (Wildman–Crippen LogP) is 4.14. The van der Waals surface area contributed by atoms with Crippen molar-refractivity contribution in [2.45, 2.75) is 24.8 Å². The van der Waals surface area contributed by atoms with E-state index in [-0.39, 0.29) is 5.56 Å². The van der Waals surface area contributed by atoms with E-state index >= 15 is 0 Å². The molecule has 0 saturated carbocycles. The fourth-order valence-corrected chi connectivity index (χ4v) is 4.17. The number of fused-ring (bicyclic) bond motifs is 4. The molecule has 0 spiro atoms. The lowest BCUT2D eigenvalue weighted by Gasteiger charge is -2.32. The Balaban J connectivity index is 1.89. The van der Waals surface area contributed by atoms with Crippen LogP contribution in [-0.4, -0.2) is 24.7 Å². The molecule has 154 valence electrons. The fraction of sp³-hybridized carbons (Fsp3) is 0.200. The van der Waals surface area contributed by atoms with Gasteiger partial charge in [-0.15, -0.1) is 0 Å². The second kappa shape index (κ2) is 6.09. The third-order valence-electron chi connectivity index (χ3n) is 5.18. The molecule has 4 rings (SSSR count). The van der Waals surface area contributed by atoms with Crippen molar-refractivity contribution in [3.05, 3.63) is 64.3 Å². The van der Waals surface area contributed by atoms with Gasteiger partial charge in [-0.25, -0.2) is 0 Å². The molecule has 1 heterocycles. The van der Waals surface area contributed by atoms with Crippen LogP contribution in [0, 0.1) is 11.3 Å². The summed E-state index contributed by atoms with van der Waals surface area (Å²) in [4.78, 5) is 16.4. The Hall–Kier alpha value is -3.32. The summed E-state index contributed by atoms with van der Waals surface area (Å²) >= 11 is 0. The van der Waals surface area contributed by atoms with Crippen LogP contribution in [0.15, 0.2) is 36.4 Å². The molecule has 0 aliphatic heterocycles. The SMILES string of the molecule is CC1(C)c2ccc(OS(=O)(=O)C(F)(F)F)cc2C(=O)c2c1[nH]c1cc(C#N)ccc21. The van der Waals surface area contributed by atoms with E-state index in [2.05, 4.69) is 9.17 Å². The maximum Gasteiger partial charge on any atom is 0.534 e. The van der Waals surface area contributed by atoms with Gasteiger partial charge >= 0.3 is 15.6 Å².